The van der Waals surface area contributed by atoms with E-state index in [2.05, 4.69) is 81.5 Å². The lowest BCUT2D eigenvalue weighted by Crippen LogP contribution is -2.30. The summed E-state index contributed by atoms with van der Waals surface area (Å²) in [6.07, 6.45) is 88.2. The van der Waals surface area contributed by atoms with E-state index in [0.717, 1.165) is 89.9 Å². The van der Waals surface area contributed by atoms with Crippen molar-refractivity contribution in [2.75, 3.05) is 13.2 Å². The number of allylic oxidation sites excluding steroid dienone is 10. The van der Waals surface area contributed by atoms with Gasteiger partial charge in [-0.25, -0.2) is 0 Å². The predicted octanol–water partition coefficient (Wildman–Crippen LogP) is 24.3. The summed E-state index contributed by atoms with van der Waals surface area (Å²) in [7, 11) is 0. The van der Waals surface area contributed by atoms with Gasteiger partial charge in [-0.05, 0) is 83.5 Å². The van der Waals surface area contributed by atoms with Crippen LogP contribution in [0.2, 0.25) is 0 Å². The SMILES string of the molecule is CC/C=C\C/C=C\C/C=C\C/C=C\CCCCCCCCCCCCCCCCCCCCC(=O)OCC(COC(=O)CCCCCCCCCCCCCCCCC)OC(=O)CCCCCCC/C=C\CCCCCCCCC. The van der Waals surface area contributed by atoms with Crippen LogP contribution >= 0.6 is 0 Å². The zero-order valence-electron chi connectivity index (χ0n) is 53.6. The molecule has 6 heteroatoms. The number of hydrogen-bond acceptors (Lipinski definition) is 6. The van der Waals surface area contributed by atoms with Gasteiger partial charge in [0.25, 0.3) is 0 Å². The molecule has 1 atom stereocenters. The molecule has 0 radical (unpaired) electrons. The maximum absolute atomic E-state index is 12.9. The number of esters is 3. The van der Waals surface area contributed by atoms with Crippen LogP contribution in [-0.4, -0.2) is 37.2 Å². The van der Waals surface area contributed by atoms with E-state index in [1.807, 2.05) is 0 Å². The molecule has 0 N–H and O–H groups in total. The lowest BCUT2D eigenvalue weighted by Gasteiger charge is -2.18. The van der Waals surface area contributed by atoms with Crippen LogP contribution in [0.15, 0.2) is 60.8 Å². The monoisotopic (exact) mass is 1120 g/mol. The Kier molecular flexibility index (Phi) is 66.1. The molecule has 0 rings (SSSR count). The lowest BCUT2D eigenvalue weighted by atomic mass is 10.0. The van der Waals surface area contributed by atoms with Crippen LogP contribution in [0.1, 0.15) is 374 Å². The molecule has 0 bridgehead atoms. The highest BCUT2D eigenvalue weighted by molar-refractivity contribution is 5.71. The van der Waals surface area contributed by atoms with Crippen molar-refractivity contribution >= 4 is 17.9 Å². The van der Waals surface area contributed by atoms with Crippen LogP contribution in [0.5, 0.6) is 0 Å². The Bertz CT molecular complexity index is 1430. The summed E-state index contributed by atoms with van der Waals surface area (Å²) in [5.41, 5.74) is 0. The first-order valence-corrected chi connectivity index (χ1v) is 35.3. The van der Waals surface area contributed by atoms with Crippen LogP contribution in [0.4, 0.5) is 0 Å². The summed E-state index contributed by atoms with van der Waals surface area (Å²) in [4.78, 5) is 38.4. The van der Waals surface area contributed by atoms with E-state index in [4.69, 9.17) is 14.2 Å². The molecule has 0 amide bonds. The molecular formula is C74H134O6. The molecule has 0 saturated carbocycles. The predicted molar refractivity (Wildman–Crippen MR) is 348 cm³/mol. The van der Waals surface area contributed by atoms with Crippen molar-refractivity contribution in [2.45, 2.75) is 380 Å². The quantitative estimate of drug-likeness (QED) is 0.0261. The normalized spacial score (nSPS) is 12.4. The van der Waals surface area contributed by atoms with Gasteiger partial charge in [0.05, 0.1) is 0 Å². The van der Waals surface area contributed by atoms with Crippen LogP contribution in [0, 0.1) is 0 Å². The number of carbonyl (C=O) groups is 3. The fourth-order valence-electron chi connectivity index (χ4n) is 10.5. The fraction of sp³-hybridized carbons (Fsp3) is 0.824. The first kappa shape index (κ1) is 77.1. The Morgan fingerprint density at radius 3 is 0.775 bits per heavy atom. The molecule has 0 saturated heterocycles. The second-order valence-electron chi connectivity index (χ2n) is 23.8. The van der Waals surface area contributed by atoms with Crippen molar-refractivity contribution < 1.29 is 28.6 Å². The first-order valence-electron chi connectivity index (χ1n) is 35.3. The summed E-state index contributed by atoms with van der Waals surface area (Å²) in [5, 5.41) is 0. The summed E-state index contributed by atoms with van der Waals surface area (Å²) in [6.45, 7) is 6.58. The van der Waals surface area contributed by atoms with Gasteiger partial charge in [0.1, 0.15) is 13.2 Å². The standard InChI is InChI=1S/C74H134O6/c1-4-7-10-13-16-19-22-25-28-30-31-32-33-34-35-36-37-38-39-40-41-42-43-44-47-49-52-55-58-61-64-67-73(76)79-70-71(69-78-72(75)66-63-60-57-54-51-48-45-27-24-21-18-15-12-9-6-3)80-74(77)68-65-62-59-56-53-50-46-29-26-23-20-17-14-11-8-5-2/h7,10,16,19,25,28-29,31-32,46,71H,4-6,8-9,11-15,17-18,20-24,26-27,30,33-45,47-70H2,1-3H3/b10-7-,19-16-,28-25-,32-31-,46-29-. The zero-order valence-corrected chi connectivity index (χ0v) is 53.6. The van der Waals surface area contributed by atoms with Gasteiger partial charge in [-0.2, -0.15) is 0 Å². The summed E-state index contributed by atoms with van der Waals surface area (Å²) in [6, 6.07) is 0. The van der Waals surface area contributed by atoms with Gasteiger partial charge in [0, 0.05) is 19.3 Å². The Hall–Kier alpha value is -2.89. The molecule has 1 unspecified atom stereocenters. The van der Waals surface area contributed by atoms with Crippen LogP contribution < -0.4 is 0 Å². The van der Waals surface area contributed by atoms with Crippen molar-refractivity contribution in [3.05, 3.63) is 60.8 Å². The van der Waals surface area contributed by atoms with Crippen molar-refractivity contribution in [1.29, 1.82) is 0 Å². The number of rotatable bonds is 65. The van der Waals surface area contributed by atoms with E-state index in [1.165, 1.54) is 244 Å². The smallest absolute Gasteiger partial charge is 0.306 e. The van der Waals surface area contributed by atoms with Gasteiger partial charge in [-0.1, -0.05) is 332 Å². The first-order chi connectivity index (χ1) is 39.5. The molecule has 80 heavy (non-hydrogen) atoms. The van der Waals surface area contributed by atoms with Crippen molar-refractivity contribution in [3.8, 4) is 0 Å². The third-order valence-corrected chi connectivity index (χ3v) is 15.8. The van der Waals surface area contributed by atoms with Crippen molar-refractivity contribution in [2.24, 2.45) is 0 Å². The summed E-state index contributed by atoms with van der Waals surface area (Å²) in [5.74, 6) is -0.853. The van der Waals surface area contributed by atoms with E-state index in [9.17, 15) is 14.4 Å². The van der Waals surface area contributed by atoms with Crippen molar-refractivity contribution in [1.82, 2.24) is 0 Å². The molecule has 0 aromatic rings. The highest BCUT2D eigenvalue weighted by Crippen LogP contribution is 2.18. The van der Waals surface area contributed by atoms with Crippen LogP contribution in [-0.2, 0) is 28.6 Å². The Morgan fingerprint density at radius 1 is 0.263 bits per heavy atom. The number of ether oxygens (including phenoxy) is 3. The van der Waals surface area contributed by atoms with E-state index in [-0.39, 0.29) is 31.1 Å². The Labute approximate surface area is 498 Å². The molecule has 0 fully saturated rings. The summed E-state index contributed by atoms with van der Waals surface area (Å²) >= 11 is 0. The average Bonchev–Trinajstić information content (AvgIpc) is 3.46. The molecule has 0 aromatic carbocycles. The maximum Gasteiger partial charge on any atom is 0.306 e. The van der Waals surface area contributed by atoms with Gasteiger partial charge < -0.3 is 14.2 Å². The molecule has 0 aliphatic carbocycles. The number of hydrogen-bond donors (Lipinski definition) is 0. The maximum atomic E-state index is 12.9. The molecule has 0 aliphatic heterocycles. The van der Waals surface area contributed by atoms with Gasteiger partial charge in [0.2, 0.25) is 0 Å². The Balaban J connectivity index is 4.18. The van der Waals surface area contributed by atoms with E-state index < -0.39 is 6.10 Å². The highest BCUT2D eigenvalue weighted by atomic mass is 16.6. The molecule has 466 valence electrons. The number of unbranched alkanes of at least 4 members (excludes halogenated alkanes) is 44. The second-order valence-corrected chi connectivity index (χ2v) is 23.8. The molecule has 0 aliphatic rings. The third-order valence-electron chi connectivity index (χ3n) is 15.8. The number of carbonyl (C=O) groups excluding carboxylic acids is 3. The highest BCUT2D eigenvalue weighted by Gasteiger charge is 2.19. The topological polar surface area (TPSA) is 78.9 Å². The van der Waals surface area contributed by atoms with Crippen LogP contribution in [0.3, 0.4) is 0 Å². The van der Waals surface area contributed by atoms with E-state index in [0.29, 0.717) is 19.3 Å². The molecular weight excluding hydrogens is 985 g/mol. The minimum Gasteiger partial charge on any atom is -0.462 e. The van der Waals surface area contributed by atoms with Crippen molar-refractivity contribution in [3.63, 3.8) is 0 Å². The second kappa shape index (κ2) is 68.6. The zero-order chi connectivity index (χ0) is 57.8. The van der Waals surface area contributed by atoms with E-state index >= 15 is 0 Å². The van der Waals surface area contributed by atoms with E-state index in [1.54, 1.807) is 0 Å². The third kappa shape index (κ3) is 65.9. The molecule has 0 heterocycles. The average molecular weight is 1120 g/mol. The van der Waals surface area contributed by atoms with Crippen LogP contribution in [0.25, 0.3) is 0 Å². The van der Waals surface area contributed by atoms with Gasteiger partial charge in [-0.15, -0.1) is 0 Å². The van der Waals surface area contributed by atoms with Gasteiger partial charge in [-0.3, -0.25) is 14.4 Å². The Morgan fingerprint density at radius 2 is 0.487 bits per heavy atom. The lowest BCUT2D eigenvalue weighted by molar-refractivity contribution is -0.167. The molecule has 0 aromatic heterocycles. The minimum atomic E-state index is -0.775. The summed E-state index contributed by atoms with van der Waals surface area (Å²) < 4.78 is 17.0. The largest absolute Gasteiger partial charge is 0.462 e. The molecule has 0 spiro atoms. The molecule has 6 nitrogen and oxygen atoms in total. The van der Waals surface area contributed by atoms with Gasteiger partial charge in [0.15, 0.2) is 6.10 Å². The van der Waals surface area contributed by atoms with Gasteiger partial charge >= 0.3 is 17.9 Å². The fourth-order valence-corrected chi connectivity index (χ4v) is 10.5. The minimum absolute atomic E-state index is 0.0711.